The van der Waals surface area contributed by atoms with Crippen LogP contribution in [0.25, 0.3) is 6.08 Å². The Bertz CT molecular complexity index is 1130. The van der Waals surface area contributed by atoms with Crippen molar-refractivity contribution in [3.63, 3.8) is 0 Å². The topological polar surface area (TPSA) is 65.5 Å². The maximum atomic E-state index is 13.0. The molecule has 4 rings (SSSR count). The average Bonchev–Trinajstić information content (AvgIpc) is 3.10. The van der Waals surface area contributed by atoms with Crippen LogP contribution in [0.5, 0.6) is 0 Å². The van der Waals surface area contributed by atoms with E-state index >= 15 is 0 Å². The molecule has 2 heterocycles. The summed E-state index contributed by atoms with van der Waals surface area (Å²) in [6.45, 7) is 4.90. The third-order valence-electron chi connectivity index (χ3n) is 5.72. The van der Waals surface area contributed by atoms with Crippen LogP contribution >= 0.6 is 0 Å². The van der Waals surface area contributed by atoms with Gasteiger partial charge in [0.2, 0.25) is 5.91 Å². The predicted molar refractivity (Wildman–Crippen MR) is 132 cm³/mol. The fourth-order valence-corrected chi connectivity index (χ4v) is 3.90. The van der Waals surface area contributed by atoms with Gasteiger partial charge in [-0.25, -0.2) is 4.98 Å². The summed E-state index contributed by atoms with van der Waals surface area (Å²) in [5.74, 6) is 0.732. The van der Waals surface area contributed by atoms with Gasteiger partial charge >= 0.3 is 0 Å². The molecular weight excluding hydrogens is 412 g/mol. The van der Waals surface area contributed by atoms with Crippen LogP contribution in [0.2, 0.25) is 0 Å². The van der Waals surface area contributed by atoms with Crippen molar-refractivity contribution < 1.29 is 9.59 Å². The summed E-state index contributed by atoms with van der Waals surface area (Å²) in [6.07, 6.45) is 5.84. The Balaban J connectivity index is 1.33. The molecule has 1 N–H and O–H groups in total. The highest BCUT2D eigenvalue weighted by Crippen LogP contribution is 2.18. The number of hydrogen-bond acceptors (Lipinski definition) is 4. The highest BCUT2D eigenvalue weighted by atomic mass is 16.2. The minimum atomic E-state index is -0.200. The molecule has 1 aliphatic heterocycles. The quantitative estimate of drug-likeness (QED) is 0.598. The lowest BCUT2D eigenvalue weighted by Gasteiger charge is -2.23. The van der Waals surface area contributed by atoms with Crippen molar-refractivity contribution in [3.05, 3.63) is 95.7 Å². The van der Waals surface area contributed by atoms with E-state index in [9.17, 15) is 9.59 Å². The molecule has 33 heavy (non-hydrogen) atoms. The lowest BCUT2D eigenvalue weighted by Crippen LogP contribution is -2.35. The third-order valence-corrected chi connectivity index (χ3v) is 5.72. The Morgan fingerprint density at radius 2 is 1.70 bits per heavy atom. The van der Waals surface area contributed by atoms with E-state index in [1.165, 1.54) is 6.08 Å². The van der Waals surface area contributed by atoms with Crippen molar-refractivity contribution in [1.29, 1.82) is 0 Å². The third kappa shape index (κ3) is 5.86. The Kier molecular flexibility index (Phi) is 7.15. The second-order valence-electron chi connectivity index (χ2n) is 8.09. The highest BCUT2D eigenvalue weighted by Gasteiger charge is 2.21. The molecule has 1 aromatic heterocycles. The van der Waals surface area contributed by atoms with Crippen LogP contribution in [0, 0.1) is 6.92 Å². The number of aromatic nitrogens is 1. The van der Waals surface area contributed by atoms with E-state index in [0.717, 1.165) is 48.6 Å². The molecule has 1 fully saturated rings. The molecule has 0 atom stereocenters. The van der Waals surface area contributed by atoms with Gasteiger partial charge in [0, 0.05) is 37.8 Å². The number of nitrogens with one attached hydrogen (secondary N) is 1. The van der Waals surface area contributed by atoms with Gasteiger partial charge in [-0.3, -0.25) is 9.59 Å². The lowest BCUT2D eigenvalue weighted by atomic mass is 10.1. The van der Waals surface area contributed by atoms with E-state index in [1.807, 2.05) is 78.6 Å². The molecule has 0 spiro atoms. The van der Waals surface area contributed by atoms with E-state index in [-0.39, 0.29) is 11.8 Å². The molecule has 168 valence electrons. The molecule has 1 aliphatic rings. The number of hydrogen-bond donors (Lipinski definition) is 1. The van der Waals surface area contributed by atoms with Crippen LogP contribution in [0.4, 0.5) is 11.5 Å². The van der Waals surface area contributed by atoms with Crippen LogP contribution < -0.4 is 10.2 Å². The zero-order valence-electron chi connectivity index (χ0n) is 18.8. The standard InChI is InChI=1S/C27H28N4O2/c1-21-8-5-6-11-24(21)27(33)31-17-7-16-30(18-19-31)25-14-13-23(20-28-25)29-26(32)15-12-22-9-3-2-4-10-22/h2-6,8-15,20H,7,16-19H2,1H3,(H,29,32)/b15-12+. The number of amides is 2. The largest absolute Gasteiger partial charge is 0.355 e. The zero-order valence-corrected chi connectivity index (χ0v) is 18.8. The Morgan fingerprint density at radius 3 is 2.45 bits per heavy atom. The van der Waals surface area contributed by atoms with Crippen molar-refractivity contribution in [3.8, 4) is 0 Å². The van der Waals surface area contributed by atoms with E-state index in [0.29, 0.717) is 12.2 Å². The first-order chi connectivity index (χ1) is 16.1. The van der Waals surface area contributed by atoms with Gasteiger partial charge < -0.3 is 15.1 Å². The fourth-order valence-electron chi connectivity index (χ4n) is 3.90. The first-order valence-electron chi connectivity index (χ1n) is 11.2. The van der Waals surface area contributed by atoms with Crippen LogP contribution in [0.1, 0.15) is 27.9 Å². The van der Waals surface area contributed by atoms with E-state index < -0.39 is 0 Å². The summed E-state index contributed by atoms with van der Waals surface area (Å²) in [5.41, 5.74) is 3.39. The van der Waals surface area contributed by atoms with E-state index in [2.05, 4.69) is 15.2 Å². The van der Waals surface area contributed by atoms with Gasteiger partial charge in [-0.05, 0) is 48.7 Å². The number of carbonyl (C=O) groups is 2. The number of aryl methyl sites for hydroxylation is 1. The summed E-state index contributed by atoms with van der Waals surface area (Å²) in [4.78, 5) is 33.8. The average molecular weight is 441 g/mol. The first kappa shape index (κ1) is 22.3. The van der Waals surface area contributed by atoms with Crippen molar-refractivity contribution in [1.82, 2.24) is 9.88 Å². The summed E-state index contributed by atoms with van der Waals surface area (Å²) < 4.78 is 0. The lowest BCUT2D eigenvalue weighted by molar-refractivity contribution is -0.111. The van der Waals surface area contributed by atoms with Gasteiger partial charge in [0.15, 0.2) is 0 Å². The second kappa shape index (κ2) is 10.6. The van der Waals surface area contributed by atoms with Gasteiger partial charge in [-0.1, -0.05) is 48.5 Å². The summed E-state index contributed by atoms with van der Waals surface area (Å²) in [7, 11) is 0. The van der Waals surface area contributed by atoms with E-state index in [1.54, 1.807) is 12.3 Å². The SMILES string of the molecule is Cc1ccccc1C(=O)N1CCCN(c2ccc(NC(=O)/C=C/c3ccccc3)cn2)CC1. The smallest absolute Gasteiger partial charge is 0.254 e. The van der Waals surface area contributed by atoms with Crippen molar-refractivity contribution in [2.45, 2.75) is 13.3 Å². The van der Waals surface area contributed by atoms with Crippen LogP contribution in [-0.4, -0.2) is 47.9 Å². The molecule has 0 unspecified atom stereocenters. The van der Waals surface area contributed by atoms with Gasteiger partial charge in [0.25, 0.3) is 5.91 Å². The molecule has 0 saturated carbocycles. The highest BCUT2D eigenvalue weighted by molar-refractivity contribution is 6.01. The Hall–Kier alpha value is -3.93. The van der Waals surface area contributed by atoms with Crippen molar-refractivity contribution in [2.24, 2.45) is 0 Å². The van der Waals surface area contributed by atoms with Gasteiger partial charge in [0.1, 0.15) is 5.82 Å². The molecule has 0 bridgehead atoms. The van der Waals surface area contributed by atoms with Crippen molar-refractivity contribution in [2.75, 3.05) is 36.4 Å². The van der Waals surface area contributed by atoms with Gasteiger partial charge in [-0.15, -0.1) is 0 Å². The summed E-state index contributed by atoms with van der Waals surface area (Å²) in [6, 6.07) is 21.2. The number of anilines is 2. The molecule has 6 nitrogen and oxygen atoms in total. The molecule has 2 aromatic carbocycles. The maximum Gasteiger partial charge on any atom is 0.254 e. The fraction of sp³-hybridized carbons (Fsp3) is 0.222. The Labute approximate surface area is 194 Å². The minimum absolute atomic E-state index is 0.0875. The molecule has 0 aliphatic carbocycles. The molecule has 0 radical (unpaired) electrons. The number of pyridine rings is 1. The van der Waals surface area contributed by atoms with Gasteiger partial charge in [0.05, 0.1) is 11.9 Å². The van der Waals surface area contributed by atoms with Crippen LogP contribution in [0.3, 0.4) is 0 Å². The summed E-state index contributed by atoms with van der Waals surface area (Å²) in [5, 5.41) is 2.84. The van der Waals surface area contributed by atoms with Gasteiger partial charge in [-0.2, -0.15) is 0 Å². The number of rotatable bonds is 5. The minimum Gasteiger partial charge on any atom is -0.355 e. The summed E-state index contributed by atoms with van der Waals surface area (Å²) >= 11 is 0. The van der Waals surface area contributed by atoms with E-state index in [4.69, 9.17) is 0 Å². The van der Waals surface area contributed by atoms with Crippen LogP contribution in [0.15, 0.2) is 79.0 Å². The number of benzene rings is 2. The van der Waals surface area contributed by atoms with Crippen LogP contribution in [-0.2, 0) is 4.79 Å². The number of carbonyl (C=O) groups excluding carboxylic acids is 2. The molecular formula is C27H28N4O2. The molecule has 2 amide bonds. The number of nitrogens with zero attached hydrogens (tertiary/aromatic N) is 3. The normalized spacial score (nSPS) is 14.2. The Morgan fingerprint density at radius 1 is 0.909 bits per heavy atom. The second-order valence-corrected chi connectivity index (χ2v) is 8.09. The molecule has 3 aromatic rings. The van der Waals surface area contributed by atoms with Crippen molar-refractivity contribution >= 4 is 29.4 Å². The molecule has 6 heteroatoms. The predicted octanol–water partition coefficient (Wildman–Crippen LogP) is 4.39. The maximum absolute atomic E-state index is 13.0. The monoisotopic (exact) mass is 440 g/mol. The zero-order chi connectivity index (χ0) is 23.0. The molecule has 1 saturated heterocycles. The first-order valence-corrected chi connectivity index (χ1v) is 11.2.